The Morgan fingerprint density at radius 1 is 1.03 bits per heavy atom. The number of nitrogens with zero attached hydrogens (tertiary/aromatic N) is 1. The number of nitrogens with one attached hydrogen (secondary N) is 1. The molecule has 3 aromatic rings. The number of aliphatic imine (C=N–C) groups is 1. The lowest BCUT2D eigenvalue weighted by molar-refractivity contribution is -0.274. The van der Waals surface area contributed by atoms with Gasteiger partial charge in [0, 0.05) is 5.56 Å². The van der Waals surface area contributed by atoms with Crippen molar-refractivity contribution in [2.24, 2.45) is 10.7 Å². The van der Waals surface area contributed by atoms with Crippen LogP contribution in [0.3, 0.4) is 0 Å². The maximum absolute atomic E-state index is 14.8. The first kappa shape index (κ1) is 25.1. The number of nitrogens with two attached hydrogens (primary N) is 1. The van der Waals surface area contributed by atoms with Gasteiger partial charge in [-0.05, 0) is 46.5 Å². The van der Waals surface area contributed by atoms with Crippen LogP contribution in [0.15, 0.2) is 71.7 Å². The molecule has 0 radical (unpaired) electrons. The summed E-state index contributed by atoms with van der Waals surface area (Å²) in [5, 5.41) is 2.37. The van der Waals surface area contributed by atoms with Crippen molar-refractivity contribution >= 4 is 22.0 Å². The predicted molar refractivity (Wildman–Crippen MR) is 119 cm³/mol. The van der Waals surface area contributed by atoms with Crippen LogP contribution >= 0.6 is 0 Å². The number of ether oxygens (including phenoxy) is 1. The molecule has 1 atom stereocenters. The molecule has 0 aromatic heterocycles. The van der Waals surface area contributed by atoms with Crippen molar-refractivity contribution < 1.29 is 40.1 Å². The molecule has 0 bridgehead atoms. The summed E-state index contributed by atoms with van der Waals surface area (Å²) in [6, 6.07) is 13.6. The van der Waals surface area contributed by atoms with Crippen LogP contribution in [0.25, 0.3) is 11.1 Å². The Labute approximate surface area is 202 Å². The monoisotopic (exact) mass is 522 g/mol. The fourth-order valence-corrected chi connectivity index (χ4v) is 4.50. The minimum atomic E-state index is -4.95. The highest BCUT2D eigenvalue weighted by Gasteiger charge is 2.47. The van der Waals surface area contributed by atoms with Crippen LogP contribution in [-0.4, -0.2) is 31.2 Å². The first-order valence-electron chi connectivity index (χ1n) is 10.1. The fourth-order valence-electron chi connectivity index (χ4n) is 3.90. The highest BCUT2D eigenvalue weighted by Crippen LogP contribution is 2.40. The van der Waals surface area contributed by atoms with Crippen LogP contribution in [0.4, 0.5) is 17.6 Å². The van der Waals surface area contributed by atoms with Gasteiger partial charge in [-0.25, -0.2) is 17.8 Å². The molecule has 1 heterocycles. The van der Waals surface area contributed by atoms with Gasteiger partial charge in [-0.3, -0.25) is 10.1 Å². The van der Waals surface area contributed by atoms with Crippen molar-refractivity contribution in [2.45, 2.75) is 17.7 Å². The normalized spacial score (nSPS) is 18.0. The third-order valence-electron chi connectivity index (χ3n) is 5.34. The smallest absolute Gasteiger partial charge is 0.573 e. The summed E-state index contributed by atoms with van der Waals surface area (Å²) in [7, 11) is -4.55. The Bertz CT molecular complexity index is 1470. The number of benzene rings is 3. The predicted octanol–water partition coefficient (Wildman–Crippen LogP) is 3.12. The van der Waals surface area contributed by atoms with Crippen LogP contribution in [-0.2, 0) is 26.2 Å². The molecule has 1 unspecified atom stereocenters. The first-order chi connectivity index (χ1) is 16.8. The highest BCUT2D eigenvalue weighted by molar-refractivity contribution is 7.84. The van der Waals surface area contributed by atoms with E-state index in [9.17, 15) is 35.3 Å². The number of hydrogen-bond acceptors (Lipinski definition) is 7. The molecule has 0 fully saturated rings. The Hall–Kier alpha value is -3.97. The summed E-state index contributed by atoms with van der Waals surface area (Å²) < 4.78 is 89.8. The molecule has 36 heavy (non-hydrogen) atoms. The van der Waals surface area contributed by atoms with E-state index < -0.39 is 45.2 Å². The summed E-state index contributed by atoms with van der Waals surface area (Å²) in [5.74, 6) is -3.06. The number of rotatable bonds is 6. The highest BCUT2D eigenvalue weighted by atomic mass is 32.2. The number of carbonyl (C=O) groups is 1. The second-order valence-electron chi connectivity index (χ2n) is 7.83. The van der Waals surface area contributed by atoms with E-state index in [4.69, 9.17) is 5.73 Å². The van der Waals surface area contributed by atoms with Gasteiger partial charge in [-0.2, -0.15) is 0 Å². The largest absolute Gasteiger partial charge is 0.748 e. The Kier molecular flexibility index (Phi) is 6.22. The molecule has 0 saturated heterocycles. The van der Waals surface area contributed by atoms with E-state index in [1.807, 2.05) is 0 Å². The van der Waals surface area contributed by atoms with E-state index in [0.29, 0.717) is 0 Å². The van der Waals surface area contributed by atoms with E-state index in [-0.39, 0.29) is 33.8 Å². The van der Waals surface area contributed by atoms with E-state index >= 15 is 0 Å². The van der Waals surface area contributed by atoms with Gasteiger partial charge in [-0.15, -0.1) is 13.2 Å². The van der Waals surface area contributed by atoms with Gasteiger partial charge < -0.3 is 15.0 Å². The van der Waals surface area contributed by atoms with Crippen molar-refractivity contribution in [3.05, 3.63) is 89.2 Å². The number of alkyl halides is 3. The average Bonchev–Trinajstić information content (AvgIpc) is 3.07. The number of halogens is 4. The van der Waals surface area contributed by atoms with Crippen molar-refractivity contribution in [1.82, 2.24) is 5.32 Å². The molecule has 1 aliphatic rings. The zero-order valence-corrected chi connectivity index (χ0v) is 18.9. The fraction of sp³-hybridized carbons (Fsp3) is 0.130. The van der Waals surface area contributed by atoms with Gasteiger partial charge >= 0.3 is 6.36 Å². The van der Waals surface area contributed by atoms with Crippen molar-refractivity contribution in [3.8, 4) is 16.9 Å². The molecule has 3 N–H and O–H groups in total. The second kappa shape index (κ2) is 8.91. The lowest BCUT2D eigenvalue weighted by Crippen LogP contribution is -2.39. The maximum atomic E-state index is 14.8. The lowest BCUT2D eigenvalue weighted by Gasteiger charge is -2.25. The molecule has 8 nitrogen and oxygen atoms in total. The van der Waals surface area contributed by atoms with Crippen LogP contribution in [0.1, 0.15) is 16.7 Å². The standard InChI is InChI=1S/C23H17F4N3O5S/c24-19-9-8-16(11-18(19)14-2-1-3-17(10-14)35-23(25,26)27)22(20(31)29-21(28)30-22)15-6-4-13(5-7-15)12-36(32,33)34/h1-11H,12H2,(H,32,33,34)(H3,28,29,30,31)/p-1. The van der Waals surface area contributed by atoms with E-state index in [0.717, 1.165) is 18.2 Å². The number of hydrogen-bond donors (Lipinski definition) is 2. The second-order valence-corrected chi connectivity index (χ2v) is 9.23. The molecule has 188 valence electrons. The van der Waals surface area contributed by atoms with Crippen molar-refractivity contribution in [3.63, 3.8) is 0 Å². The molecular formula is C23H16F4N3O5S-. The lowest BCUT2D eigenvalue weighted by atomic mass is 9.81. The summed E-state index contributed by atoms with van der Waals surface area (Å²) in [5.41, 5.74) is 4.35. The average molecular weight is 522 g/mol. The van der Waals surface area contributed by atoms with Gasteiger partial charge in [0.1, 0.15) is 11.6 Å². The van der Waals surface area contributed by atoms with Gasteiger partial charge in [0.05, 0.1) is 15.9 Å². The molecule has 13 heteroatoms. The molecule has 0 aliphatic carbocycles. The zero-order valence-electron chi connectivity index (χ0n) is 18.0. The molecule has 0 saturated carbocycles. The summed E-state index contributed by atoms with van der Waals surface area (Å²) in [6.45, 7) is 0. The topological polar surface area (TPSA) is 134 Å². The maximum Gasteiger partial charge on any atom is 0.573 e. The van der Waals surface area contributed by atoms with E-state index in [1.165, 1.54) is 48.5 Å². The third kappa shape index (κ3) is 5.16. The summed E-state index contributed by atoms with van der Waals surface area (Å²) in [4.78, 5) is 17.3. The zero-order chi connectivity index (χ0) is 26.3. The van der Waals surface area contributed by atoms with Crippen molar-refractivity contribution in [1.29, 1.82) is 0 Å². The molecule has 1 amide bonds. The SMILES string of the molecule is NC1=NC(c2ccc(CS(=O)(=O)[O-])cc2)(c2ccc(F)c(-c3cccc(OC(F)(F)F)c3)c2)C(=O)N1. The van der Waals surface area contributed by atoms with Crippen molar-refractivity contribution in [2.75, 3.05) is 0 Å². The van der Waals surface area contributed by atoms with Gasteiger partial charge in [0.25, 0.3) is 5.91 Å². The van der Waals surface area contributed by atoms with Crippen LogP contribution < -0.4 is 15.8 Å². The first-order valence-corrected chi connectivity index (χ1v) is 11.7. The van der Waals surface area contributed by atoms with E-state index in [1.54, 1.807) is 0 Å². The van der Waals surface area contributed by atoms with Crippen LogP contribution in [0.2, 0.25) is 0 Å². The number of carbonyl (C=O) groups excluding carboxylic acids is 1. The summed E-state index contributed by atoms with van der Waals surface area (Å²) >= 11 is 0. The van der Waals surface area contributed by atoms with Crippen LogP contribution in [0.5, 0.6) is 5.75 Å². The van der Waals surface area contributed by atoms with Crippen LogP contribution in [0, 0.1) is 5.82 Å². The third-order valence-corrected chi connectivity index (χ3v) is 6.02. The van der Waals surface area contributed by atoms with Gasteiger partial charge in [0.2, 0.25) is 0 Å². The number of amides is 1. The van der Waals surface area contributed by atoms with E-state index in [2.05, 4.69) is 15.0 Å². The Morgan fingerprint density at radius 2 is 1.69 bits per heavy atom. The quantitative estimate of drug-likeness (QED) is 0.378. The van der Waals surface area contributed by atoms with Gasteiger partial charge in [0.15, 0.2) is 11.5 Å². The number of guanidine groups is 1. The molecule has 4 rings (SSSR count). The summed E-state index contributed by atoms with van der Waals surface area (Å²) in [6.07, 6.45) is -4.95. The Morgan fingerprint density at radius 3 is 2.28 bits per heavy atom. The Balaban J connectivity index is 1.83. The minimum absolute atomic E-state index is 0.0395. The molecular weight excluding hydrogens is 506 g/mol. The molecule has 0 spiro atoms. The molecule has 3 aromatic carbocycles. The molecule has 1 aliphatic heterocycles. The van der Waals surface area contributed by atoms with Gasteiger partial charge in [-0.1, -0.05) is 42.5 Å². The minimum Gasteiger partial charge on any atom is -0.748 e.